The molecule has 2 aromatic carbocycles. The van der Waals surface area contributed by atoms with Crippen LogP contribution in [0.25, 0.3) is 10.2 Å². The first-order valence-electron chi connectivity index (χ1n) is 10.5. The number of halogens is 4. The van der Waals surface area contributed by atoms with Crippen molar-refractivity contribution in [1.82, 2.24) is 9.88 Å². The van der Waals surface area contributed by atoms with E-state index >= 15 is 0 Å². The zero-order valence-electron chi connectivity index (χ0n) is 18.1. The number of nitrogens with one attached hydrogen (secondary N) is 1. The maximum absolute atomic E-state index is 14.7. The normalized spacial score (nSPS) is 16.9. The number of hydrogen-bond donors (Lipinski definition) is 3. The zero-order chi connectivity index (χ0) is 25.3. The Kier molecular flexibility index (Phi) is 7.11. The van der Waals surface area contributed by atoms with Crippen LogP contribution in [0.2, 0.25) is 0 Å². The molecule has 12 heteroatoms. The Labute approximate surface area is 201 Å². The standard InChI is InChI=1S/C23H20F4N4O3S/c1-2-13-10-30(20-8-15(24)12(6-18(20)27)5-14(33)11-32)3-4-31(13)23(34)29-22-28-19-7-16(25)17(26)9-21(19)35-22/h1,6-9,13-14,32-33H,3-5,10-11H2,(H,28,29,34). The van der Waals surface area contributed by atoms with Gasteiger partial charge in [0.05, 0.1) is 28.6 Å². The molecule has 35 heavy (non-hydrogen) atoms. The second-order valence-corrected chi connectivity index (χ2v) is 8.97. The second kappa shape index (κ2) is 10.1. The summed E-state index contributed by atoms with van der Waals surface area (Å²) in [4.78, 5) is 19.8. The SMILES string of the molecule is C#CC1CN(c2cc(F)c(CC(O)CO)cc2F)CCN1C(=O)Nc1nc2cc(F)c(F)cc2s1. The van der Waals surface area contributed by atoms with Crippen molar-refractivity contribution in [3.8, 4) is 12.3 Å². The number of anilines is 2. The van der Waals surface area contributed by atoms with Gasteiger partial charge in [0.2, 0.25) is 0 Å². The molecule has 2 amide bonds. The Bertz CT molecular complexity index is 1270. The van der Waals surface area contributed by atoms with E-state index in [0.29, 0.717) is 4.70 Å². The van der Waals surface area contributed by atoms with E-state index in [1.165, 1.54) is 9.80 Å². The smallest absolute Gasteiger partial charge is 0.324 e. The summed E-state index contributed by atoms with van der Waals surface area (Å²) in [7, 11) is 0. The van der Waals surface area contributed by atoms with E-state index in [1.807, 2.05) is 0 Å². The summed E-state index contributed by atoms with van der Waals surface area (Å²) in [5.41, 5.74) is 0.0742. The fourth-order valence-electron chi connectivity index (χ4n) is 3.82. The average molecular weight is 508 g/mol. The Balaban J connectivity index is 1.47. The van der Waals surface area contributed by atoms with Crippen LogP contribution in [0.3, 0.4) is 0 Å². The summed E-state index contributed by atoms with van der Waals surface area (Å²) in [5.74, 6) is -1.07. The molecule has 0 spiro atoms. The van der Waals surface area contributed by atoms with Gasteiger partial charge in [0.15, 0.2) is 16.8 Å². The van der Waals surface area contributed by atoms with Crippen LogP contribution in [-0.2, 0) is 6.42 Å². The molecule has 1 aliphatic heterocycles. The second-order valence-electron chi connectivity index (χ2n) is 7.94. The number of rotatable bonds is 5. The predicted molar refractivity (Wildman–Crippen MR) is 123 cm³/mol. The first-order valence-corrected chi connectivity index (χ1v) is 11.3. The van der Waals surface area contributed by atoms with E-state index in [0.717, 1.165) is 35.6 Å². The number of piperazine rings is 1. The average Bonchev–Trinajstić information content (AvgIpc) is 3.21. The largest absolute Gasteiger partial charge is 0.394 e. The van der Waals surface area contributed by atoms with E-state index in [-0.39, 0.29) is 48.0 Å². The molecule has 2 heterocycles. The Morgan fingerprint density at radius 2 is 1.91 bits per heavy atom. The highest BCUT2D eigenvalue weighted by atomic mass is 32.1. The van der Waals surface area contributed by atoms with Crippen LogP contribution in [0.5, 0.6) is 0 Å². The maximum atomic E-state index is 14.7. The lowest BCUT2D eigenvalue weighted by Crippen LogP contribution is -2.56. The van der Waals surface area contributed by atoms with Crippen LogP contribution in [0, 0.1) is 35.6 Å². The lowest BCUT2D eigenvalue weighted by molar-refractivity contribution is 0.0947. The van der Waals surface area contributed by atoms with Gasteiger partial charge in [0.1, 0.15) is 17.7 Å². The molecule has 2 atom stereocenters. The monoisotopic (exact) mass is 508 g/mol. The van der Waals surface area contributed by atoms with Crippen molar-refractivity contribution in [3.63, 3.8) is 0 Å². The highest BCUT2D eigenvalue weighted by Gasteiger charge is 2.31. The van der Waals surface area contributed by atoms with Crippen molar-refractivity contribution in [2.45, 2.75) is 18.6 Å². The number of carbonyl (C=O) groups is 1. The van der Waals surface area contributed by atoms with Gasteiger partial charge in [-0.1, -0.05) is 17.3 Å². The van der Waals surface area contributed by atoms with Gasteiger partial charge in [-0.25, -0.2) is 27.3 Å². The van der Waals surface area contributed by atoms with Crippen molar-refractivity contribution in [1.29, 1.82) is 0 Å². The number of aromatic nitrogens is 1. The molecule has 7 nitrogen and oxygen atoms in total. The molecule has 4 rings (SSSR count). The van der Waals surface area contributed by atoms with E-state index < -0.39 is 48.1 Å². The van der Waals surface area contributed by atoms with Gasteiger partial charge in [-0.3, -0.25) is 5.32 Å². The minimum absolute atomic E-state index is 0.0230. The first kappa shape index (κ1) is 24.7. The van der Waals surface area contributed by atoms with Crippen molar-refractivity contribution >= 4 is 38.4 Å². The molecule has 2 unspecified atom stereocenters. The number of fused-ring (bicyclic) bond motifs is 1. The van der Waals surface area contributed by atoms with Crippen molar-refractivity contribution in [2.75, 3.05) is 36.5 Å². The number of urea groups is 1. The number of carbonyl (C=O) groups excluding carboxylic acids is 1. The van der Waals surface area contributed by atoms with E-state index in [2.05, 4.69) is 16.2 Å². The Morgan fingerprint density at radius 3 is 2.63 bits per heavy atom. The van der Waals surface area contributed by atoms with Crippen molar-refractivity contribution < 1.29 is 32.6 Å². The molecular formula is C23H20F4N4O3S. The van der Waals surface area contributed by atoms with Gasteiger partial charge in [-0.2, -0.15) is 0 Å². The summed E-state index contributed by atoms with van der Waals surface area (Å²) in [6, 6.07) is 2.51. The quantitative estimate of drug-likeness (QED) is 0.364. The van der Waals surface area contributed by atoms with E-state index in [9.17, 15) is 27.5 Å². The van der Waals surface area contributed by atoms with E-state index in [1.54, 1.807) is 0 Å². The number of terminal acetylenes is 1. The van der Waals surface area contributed by atoms with Crippen LogP contribution in [0.15, 0.2) is 24.3 Å². The minimum Gasteiger partial charge on any atom is -0.394 e. The van der Waals surface area contributed by atoms with E-state index in [4.69, 9.17) is 11.5 Å². The van der Waals surface area contributed by atoms with Gasteiger partial charge in [-0.05, 0) is 17.7 Å². The van der Waals surface area contributed by atoms with Crippen LogP contribution in [0.4, 0.5) is 33.2 Å². The third-order valence-corrected chi connectivity index (χ3v) is 6.53. The lowest BCUT2D eigenvalue weighted by atomic mass is 10.1. The highest BCUT2D eigenvalue weighted by Crippen LogP contribution is 2.29. The van der Waals surface area contributed by atoms with Gasteiger partial charge < -0.3 is 20.0 Å². The summed E-state index contributed by atoms with van der Waals surface area (Å²) >= 11 is 0.966. The maximum Gasteiger partial charge on any atom is 0.324 e. The van der Waals surface area contributed by atoms with Gasteiger partial charge in [0.25, 0.3) is 0 Å². The fraction of sp³-hybridized carbons (Fsp3) is 0.304. The van der Waals surface area contributed by atoms with Crippen molar-refractivity contribution in [3.05, 3.63) is 53.1 Å². The first-order chi connectivity index (χ1) is 16.7. The van der Waals surface area contributed by atoms with Gasteiger partial charge in [-0.15, -0.1) is 6.42 Å². The molecular weight excluding hydrogens is 488 g/mol. The van der Waals surface area contributed by atoms with Crippen LogP contribution < -0.4 is 10.2 Å². The zero-order valence-corrected chi connectivity index (χ0v) is 19.0. The topological polar surface area (TPSA) is 88.9 Å². The molecule has 3 N–H and O–H groups in total. The summed E-state index contributed by atoms with van der Waals surface area (Å²) < 4.78 is 56.5. The number of nitrogens with zero attached hydrogens (tertiary/aromatic N) is 3. The van der Waals surface area contributed by atoms with Crippen LogP contribution in [0.1, 0.15) is 5.56 Å². The molecule has 1 saturated heterocycles. The molecule has 1 aliphatic rings. The molecule has 1 aromatic heterocycles. The molecule has 184 valence electrons. The molecule has 0 aliphatic carbocycles. The van der Waals surface area contributed by atoms with Crippen molar-refractivity contribution in [2.24, 2.45) is 0 Å². The molecule has 0 saturated carbocycles. The minimum atomic E-state index is -1.21. The molecule has 0 radical (unpaired) electrons. The third kappa shape index (κ3) is 5.17. The summed E-state index contributed by atoms with van der Waals surface area (Å²) in [6.07, 6.45) is 4.15. The lowest BCUT2D eigenvalue weighted by Gasteiger charge is -2.40. The molecule has 0 bridgehead atoms. The summed E-state index contributed by atoms with van der Waals surface area (Å²) in [5, 5.41) is 21.1. The Morgan fingerprint density at radius 1 is 1.17 bits per heavy atom. The highest BCUT2D eigenvalue weighted by molar-refractivity contribution is 7.22. The van der Waals surface area contributed by atoms with Gasteiger partial charge >= 0.3 is 6.03 Å². The van der Waals surface area contributed by atoms with Crippen LogP contribution >= 0.6 is 11.3 Å². The predicted octanol–water partition coefficient (Wildman–Crippen LogP) is 3.10. The molecule has 3 aromatic rings. The van der Waals surface area contributed by atoms with Gasteiger partial charge in [0, 0.05) is 38.2 Å². The summed E-state index contributed by atoms with van der Waals surface area (Å²) in [6.45, 7) is -0.325. The number of hydrogen-bond acceptors (Lipinski definition) is 6. The molecule has 1 fully saturated rings. The van der Waals surface area contributed by atoms with Crippen LogP contribution in [-0.4, -0.2) is 64.5 Å². The third-order valence-electron chi connectivity index (χ3n) is 5.60. The number of amides is 2. The fourth-order valence-corrected chi connectivity index (χ4v) is 4.68. The Hall–Kier alpha value is -3.40. The number of aliphatic hydroxyl groups excluding tert-OH is 2. The number of benzene rings is 2. The number of aliphatic hydroxyl groups is 2. The number of thiazole rings is 1.